The second kappa shape index (κ2) is 8.89. The quantitative estimate of drug-likeness (QED) is 0.355. The Balaban J connectivity index is 1.46. The van der Waals surface area contributed by atoms with Crippen molar-refractivity contribution in [2.45, 2.75) is 37.1 Å². The monoisotopic (exact) mass is 488 g/mol. The van der Waals surface area contributed by atoms with Gasteiger partial charge in [0.15, 0.2) is 0 Å². The molecule has 2 N–H and O–H groups in total. The summed E-state index contributed by atoms with van der Waals surface area (Å²) < 4.78 is 34.2. The maximum Gasteiger partial charge on any atom is 0.337 e. The third-order valence-corrected chi connectivity index (χ3v) is 8.40. The van der Waals surface area contributed by atoms with Crippen molar-refractivity contribution >= 4 is 27.4 Å². The summed E-state index contributed by atoms with van der Waals surface area (Å²) in [6.45, 7) is 3.79. The van der Waals surface area contributed by atoms with Gasteiger partial charge in [-0.05, 0) is 78.8 Å². The van der Waals surface area contributed by atoms with Crippen LogP contribution in [0.2, 0.25) is 0 Å². The molecule has 6 nitrogen and oxygen atoms in total. The van der Waals surface area contributed by atoms with Crippen LogP contribution in [0.4, 0.5) is 11.4 Å². The van der Waals surface area contributed by atoms with Crippen LogP contribution >= 0.6 is 0 Å². The molecule has 0 amide bonds. The summed E-state index contributed by atoms with van der Waals surface area (Å²) in [5, 5.41) is 3.62. The second-order valence-corrected chi connectivity index (χ2v) is 10.9. The molecule has 0 aromatic heterocycles. The van der Waals surface area contributed by atoms with Gasteiger partial charge < -0.3 is 10.1 Å². The van der Waals surface area contributed by atoms with Crippen molar-refractivity contribution in [1.82, 2.24) is 0 Å². The number of nitrogens with one attached hydrogen (secondary N) is 2. The molecule has 3 aromatic rings. The predicted octanol–water partition coefficient (Wildman–Crippen LogP) is 5.72. The van der Waals surface area contributed by atoms with Crippen LogP contribution < -0.4 is 10.0 Å². The molecule has 0 saturated heterocycles. The number of rotatable bonds is 5. The van der Waals surface area contributed by atoms with Crippen LogP contribution in [0.3, 0.4) is 0 Å². The Bertz CT molecular complexity index is 1410. The third kappa shape index (κ3) is 4.21. The molecule has 0 bridgehead atoms. The molecule has 2 aliphatic rings. The van der Waals surface area contributed by atoms with E-state index in [1.165, 1.54) is 7.11 Å². The average Bonchev–Trinajstić information content (AvgIpc) is 3.36. The Hall–Kier alpha value is -3.58. The van der Waals surface area contributed by atoms with Crippen LogP contribution in [0, 0.1) is 19.8 Å². The van der Waals surface area contributed by atoms with Crippen LogP contribution in [-0.2, 0) is 14.8 Å². The van der Waals surface area contributed by atoms with Gasteiger partial charge in [-0.3, -0.25) is 4.72 Å². The van der Waals surface area contributed by atoms with Crippen molar-refractivity contribution in [2.75, 3.05) is 17.1 Å². The molecule has 180 valence electrons. The first-order chi connectivity index (χ1) is 16.8. The number of carbonyl (C=O) groups is 1. The molecule has 1 aliphatic heterocycles. The standard InChI is InChI=1S/C28H28N2O4S/c1-17-6-4-7-18(2)26(17)30-35(32,33)21-14-15-25-24(16-21)22-8-5-9-23(22)27(29-25)19-10-12-20(13-11-19)28(31)34-3/h4-8,10-16,22-23,27,29-30H,9H2,1-3H3. The molecule has 1 heterocycles. The normalized spacial score (nSPS) is 20.5. The van der Waals surface area contributed by atoms with Crippen LogP contribution in [0.5, 0.6) is 0 Å². The van der Waals surface area contributed by atoms with Crippen LogP contribution in [0.15, 0.2) is 77.7 Å². The van der Waals surface area contributed by atoms with E-state index in [0.717, 1.165) is 34.4 Å². The number of esters is 1. The van der Waals surface area contributed by atoms with Crippen molar-refractivity contribution < 1.29 is 17.9 Å². The van der Waals surface area contributed by atoms with E-state index in [1.54, 1.807) is 24.3 Å². The Morgan fingerprint density at radius 2 is 1.74 bits per heavy atom. The molecule has 5 rings (SSSR count). The molecule has 7 heteroatoms. The van der Waals surface area contributed by atoms with Crippen molar-refractivity contribution in [3.05, 3.63) is 101 Å². The molecule has 3 unspecified atom stereocenters. The fourth-order valence-corrected chi connectivity index (χ4v) is 6.42. The maximum absolute atomic E-state index is 13.3. The number of para-hydroxylation sites is 1. The van der Waals surface area contributed by atoms with Gasteiger partial charge in [0.1, 0.15) is 0 Å². The SMILES string of the molecule is COC(=O)c1ccc(C2Nc3ccc(S(=O)(=O)Nc4c(C)cccc4C)cc3C3C=CCC32)cc1. The lowest BCUT2D eigenvalue weighted by molar-refractivity contribution is 0.0600. The predicted molar refractivity (Wildman–Crippen MR) is 137 cm³/mol. The summed E-state index contributed by atoms with van der Waals surface area (Å²) in [4.78, 5) is 12.1. The zero-order valence-electron chi connectivity index (χ0n) is 19.9. The first kappa shape index (κ1) is 23.2. The van der Waals surface area contributed by atoms with Gasteiger partial charge in [0.05, 0.1) is 29.3 Å². The van der Waals surface area contributed by atoms with Gasteiger partial charge in [-0.1, -0.05) is 42.5 Å². The van der Waals surface area contributed by atoms with Gasteiger partial charge in [0.25, 0.3) is 10.0 Å². The molecule has 3 atom stereocenters. The molecule has 0 radical (unpaired) electrons. The summed E-state index contributed by atoms with van der Waals surface area (Å²) in [5.41, 5.74) is 5.88. The molecule has 35 heavy (non-hydrogen) atoms. The number of anilines is 2. The third-order valence-electron chi connectivity index (χ3n) is 7.05. The summed E-state index contributed by atoms with van der Waals surface area (Å²) in [5.74, 6) is -0.00923. The first-order valence-corrected chi connectivity index (χ1v) is 13.1. The topological polar surface area (TPSA) is 84.5 Å². The lowest BCUT2D eigenvalue weighted by Crippen LogP contribution is -2.29. The number of hydrogen-bond acceptors (Lipinski definition) is 5. The number of aryl methyl sites for hydroxylation is 2. The van der Waals surface area contributed by atoms with Gasteiger partial charge in [-0.25, -0.2) is 13.2 Å². The highest BCUT2D eigenvalue weighted by Gasteiger charge is 2.38. The van der Waals surface area contributed by atoms with E-state index in [9.17, 15) is 13.2 Å². The number of hydrogen-bond donors (Lipinski definition) is 2. The van der Waals surface area contributed by atoms with Crippen LogP contribution in [0.1, 0.15) is 51.0 Å². The second-order valence-electron chi connectivity index (χ2n) is 9.21. The van der Waals surface area contributed by atoms with Gasteiger partial charge >= 0.3 is 5.97 Å². The molecular formula is C28H28N2O4S. The lowest BCUT2D eigenvalue weighted by Gasteiger charge is -2.37. The minimum Gasteiger partial charge on any atom is -0.465 e. The lowest BCUT2D eigenvalue weighted by atomic mass is 9.77. The summed E-state index contributed by atoms with van der Waals surface area (Å²) in [7, 11) is -2.38. The van der Waals surface area contributed by atoms with E-state index >= 15 is 0 Å². The number of carbonyl (C=O) groups excluding carboxylic acids is 1. The summed E-state index contributed by atoms with van der Waals surface area (Å²) >= 11 is 0. The van der Waals surface area contributed by atoms with Gasteiger partial charge in [-0.15, -0.1) is 0 Å². The minimum atomic E-state index is -3.75. The summed E-state index contributed by atoms with van der Waals surface area (Å²) in [6, 6.07) is 18.5. The van der Waals surface area contributed by atoms with Crippen molar-refractivity contribution in [3.8, 4) is 0 Å². The van der Waals surface area contributed by atoms with E-state index < -0.39 is 10.0 Å². The van der Waals surface area contributed by atoms with Gasteiger partial charge in [0, 0.05) is 11.6 Å². The fraction of sp³-hybridized carbons (Fsp3) is 0.250. The molecule has 1 aliphatic carbocycles. The Morgan fingerprint density at radius 3 is 2.43 bits per heavy atom. The zero-order valence-corrected chi connectivity index (χ0v) is 20.7. The first-order valence-electron chi connectivity index (χ1n) is 11.6. The molecule has 3 aromatic carbocycles. The van der Waals surface area contributed by atoms with E-state index in [0.29, 0.717) is 11.3 Å². The highest BCUT2D eigenvalue weighted by molar-refractivity contribution is 7.92. The van der Waals surface area contributed by atoms with Crippen molar-refractivity contribution in [1.29, 1.82) is 0 Å². The summed E-state index contributed by atoms with van der Waals surface area (Å²) in [6.07, 6.45) is 5.23. The molecule has 0 fully saturated rings. The Labute approximate surface area is 206 Å². The largest absolute Gasteiger partial charge is 0.465 e. The molecular weight excluding hydrogens is 460 g/mol. The number of fused-ring (bicyclic) bond motifs is 3. The number of sulfonamides is 1. The van der Waals surface area contributed by atoms with E-state index in [1.807, 2.05) is 50.2 Å². The molecule has 0 spiro atoms. The smallest absolute Gasteiger partial charge is 0.337 e. The van der Waals surface area contributed by atoms with Crippen molar-refractivity contribution in [2.24, 2.45) is 5.92 Å². The van der Waals surface area contributed by atoms with E-state index in [-0.39, 0.29) is 28.7 Å². The van der Waals surface area contributed by atoms with E-state index in [4.69, 9.17) is 4.74 Å². The number of allylic oxidation sites excluding steroid dienone is 2. The Morgan fingerprint density at radius 1 is 1.03 bits per heavy atom. The molecule has 0 saturated carbocycles. The number of ether oxygens (including phenoxy) is 1. The zero-order chi connectivity index (χ0) is 24.7. The maximum atomic E-state index is 13.3. The van der Waals surface area contributed by atoms with Gasteiger partial charge in [-0.2, -0.15) is 0 Å². The number of methoxy groups -OCH3 is 1. The minimum absolute atomic E-state index is 0.0457. The Kier molecular flexibility index (Phi) is 5.89. The van der Waals surface area contributed by atoms with Gasteiger partial charge in [0.2, 0.25) is 0 Å². The highest BCUT2D eigenvalue weighted by atomic mass is 32.2. The van der Waals surface area contributed by atoms with E-state index in [2.05, 4.69) is 22.2 Å². The average molecular weight is 489 g/mol. The fourth-order valence-electron chi connectivity index (χ4n) is 5.18. The number of benzene rings is 3. The van der Waals surface area contributed by atoms with Crippen LogP contribution in [0.25, 0.3) is 0 Å². The van der Waals surface area contributed by atoms with Crippen molar-refractivity contribution in [3.63, 3.8) is 0 Å². The van der Waals surface area contributed by atoms with Crippen LogP contribution in [-0.4, -0.2) is 21.5 Å². The highest BCUT2D eigenvalue weighted by Crippen LogP contribution is 2.50.